The van der Waals surface area contributed by atoms with E-state index in [1.807, 2.05) is 19.9 Å². The Hall–Kier alpha value is -4.27. The topological polar surface area (TPSA) is 97.8 Å². The SMILES string of the molecule is C=C(C)C[C@@H](NC(=O)c1cc(COc2cc(F)ccc2F)ccc1CCC(=O)O)c1cc(C)nc(OC)c1. The lowest BCUT2D eigenvalue weighted by atomic mass is 9.97. The number of aliphatic carboxylic acids is 1. The van der Waals surface area contributed by atoms with Crippen LogP contribution in [0.2, 0.25) is 0 Å². The molecule has 9 heteroatoms. The van der Waals surface area contributed by atoms with Gasteiger partial charge in [0.1, 0.15) is 12.4 Å². The van der Waals surface area contributed by atoms with Crippen molar-refractivity contribution in [2.24, 2.45) is 0 Å². The molecule has 2 N–H and O–H groups in total. The minimum Gasteiger partial charge on any atom is -0.486 e. The molecule has 0 radical (unpaired) electrons. The fraction of sp³-hybridized carbons (Fsp3) is 0.276. The predicted molar refractivity (Wildman–Crippen MR) is 138 cm³/mol. The van der Waals surface area contributed by atoms with Crippen LogP contribution in [0.15, 0.2) is 60.7 Å². The van der Waals surface area contributed by atoms with Gasteiger partial charge in [-0.3, -0.25) is 9.59 Å². The van der Waals surface area contributed by atoms with E-state index in [0.29, 0.717) is 29.1 Å². The second kappa shape index (κ2) is 12.8. The Morgan fingerprint density at radius 3 is 2.58 bits per heavy atom. The maximum Gasteiger partial charge on any atom is 0.303 e. The number of carboxylic acid groups (broad SMARTS) is 1. The Morgan fingerprint density at radius 2 is 1.89 bits per heavy atom. The van der Waals surface area contributed by atoms with E-state index in [1.165, 1.54) is 7.11 Å². The van der Waals surface area contributed by atoms with Crippen molar-refractivity contribution in [3.8, 4) is 11.6 Å². The molecule has 0 spiro atoms. The fourth-order valence-electron chi connectivity index (χ4n) is 3.94. The van der Waals surface area contributed by atoms with Crippen LogP contribution in [0, 0.1) is 18.6 Å². The van der Waals surface area contributed by atoms with Gasteiger partial charge in [0.2, 0.25) is 5.88 Å². The average molecular weight is 525 g/mol. The lowest BCUT2D eigenvalue weighted by Gasteiger charge is -2.21. The van der Waals surface area contributed by atoms with Crippen molar-refractivity contribution in [1.29, 1.82) is 0 Å². The number of carbonyl (C=O) groups excluding carboxylic acids is 1. The van der Waals surface area contributed by atoms with Crippen LogP contribution in [-0.2, 0) is 17.8 Å². The van der Waals surface area contributed by atoms with Crippen molar-refractivity contribution in [2.45, 2.75) is 45.8 Å². The van der Waals surface area contributed by atoms with E-state index in [1.54, 1.807) is 24.3 Å². The normalized spacial score (nSPS) is 11.5. The summed E-state index contributed by atoms with van der Waals surface area (Å²) in [5.74, 6) is -2.62. The van der Waals surface area contributed by atoms with Crippen molar-refractivity contribution in [3.05, 3.63) is 100 Å². The number of benzene rings is 2. The quantitative estimate of drug-likeness (QED) is 0.295. The number of hydrogen-bond donors (Lipinski definition) is 2. The zero-order valence-electron chi connectivity index (χ0n) is 21.5. The number of aryl methyl sites for hydroxylation is 2. The molecule has 2 aromatic carbocycles. The molecule has 1 amide bonds. The maximum absolute atomic E-state index is 14.0. The number of nitrogens with one attached hydrogen (secondary N) is 1. The van der Waals surface area contributed by atoms with Crippen molar-refractivity contribution in [1.82, 2.24) is 10.3 Å². The number of methoxy groups -OCH3 is 1. The molecule has 0 aliphatic carbocycles. The van der Waals surface area contributed by atoms with Crippen LogP contribution in [0.5, 0.6) is 11.6 Å². The molecule has 0 saturated heterocycles. The van der Waals surface area contributed by atoms with Gasteiger partial charge in [0.05, 0.1) is 13.2 Å². The third-order valence-corrected chi connectivity index (χ3v) is 5.74. The number of halogens is 2. The summed E-state index contributed by atoms with van der Waals surface area (Å²) < 4.78 is 38.2. The second-order valence-electron chi connectivity index (χ2n) is 9.02. The van der Waals surface area contributed by atoms with Crippen LogP contribution in [0.1, 0.15) is 58.5 Å². The zero-order chi connectivity index (χ0) is 27.8. The van der Waals surface area contributed by atoms with Crippen LogP contribution in [0.25, 0.3) is 0 Å². The minimum atomic E-state index is -0.995. The molecule has 0 aliphatic rings. The van der Waals surface area contributed by atoms with E-state index in [-0.39, 0.29) is 30.8 Å². The van der Waals surface area contributed by atoms with Gasteiger partial charge in [0.25, 0.3) is 5.91 Å². The van der Waals surface area contributed by atoms with Crippen molar-refractivity contribution >= 4 is 11.9 Å². The molecule has 1 atom stereocenters. The molecule has 0 fully saturated rings. The molecule has 3 aromatic rings. The molecule has 0 saturated carbocycles. The van der Waals surface area contributed by atoms with E-state index in [9.17, 15) is 23.5 Å². The van der Waals surface area contributed by atoms with Gasteiger partial charge in [0.15, 0.2) is 11.6 Å². The van der Waals surface area contributed by atoms with E-state index < -0.39 is 29.6 Å². The number of carboxylic acids is 1. The number of nitrogens with zero attached hydrogens (tertiary/aromatic N) is 1. The predicted octanol–water partition coefficient (Wildman–Crippen LogP) is 5.71. The number of rotatable bonds is 12. The highest BCUT2D eigenvalue weighted by molar-refractivity contribution is 5.96. The van der Waals surface area contributed by atoms with Crippen molar-refractivity contribution < 1.29 is 33.0 Å². The number of pyridine rings is 1. The number of aromatic nitrogens is 1. The van der Waals surface area contributed by atoms with E-state index in [4.69, 9.17) is 9.47 Å². The standard InChI is InChI=1S/C29H30F2N2O5/c1-17(2)11-25(21-12-18(3)32-27(14-21)37-4)33-29(36)23-13-19(5-6-20(23)7-10-28(34)35)16-38-26-15-22(30)8-9-24(26)31/h5-6,8-9,12-15,25H,1,7,10-11,16H2,2-4H3,(H,33,36)(H,34,35)/t25-/m1/s1. The zero-order valence-corrected chi connectivity index (χ0v) is 21.5. The number of amides is 1. The average Bonchev–Trinajstić information content (AvgIpc) is 2.87. The summed E-state index contributed by atoms with van der Waals surface area (Å²) in [6, 6.07) is 10.9. The first-order chi connectivity index (χ1) is 18.0. The second-order valence-corrected chi connectivity index (χ2v) is 9.02. The number of hydrogen-bond acceptors (Lipinski definition) is 5. The van der Waals surface area contributed by atoms with E-state index in [2.05, 4.69) is 16.9 Å². The monoisotopic (exact) mass is 524 g/mol. The van der Waals surface area contributed by atoms with Gasteiger partial charge in [0, 0.05) is 29.8 Å². The highest BCUT2D eigenvalue weighted by Gasteiger charge is 2.21. The Bertz CT molecular complexity index is 1340. The molecule has 0 unspecified atom stereocenters. The first-order valence-electron chi connectivity index (χ1n) is 11.9. The third-order valence-electron chi connectivity index (χ3n) is 5.74. The van der Waals surface area contributed by atoms with Crippen LogP contribution < -0.4 is 14.8 Å². The summed E-state index contributed by atoms with van der Waals surface area (Å²) in [6.07, 6.45) is 0.413. The largest absolute Gasteiger partial charge is 0.486 e. The number of ether oxygens (including phenoxy) is 2. The third kappa shape index (κ3) is 7.86. The van der Waals surface area contributed by atoms with Crippen LogP contribution in [0.3, 0.4) is 0 Å². The molecule has 0 aliphatic heterocycles. The first-order valence-corrected chi connectivity index (χ1v) is 11.9. The molecular formula is C29H30F2N2O5. The highest BCUT2D eigenvalue weighted by atomic mass is 19.1. The van der Waals surface area contributed by atoms with Gasteiger partial charge in [-0.2, -0.15) is 0 Å². The molecular weight excluding hydrogens is 494 g/mol. The van der Waals surface area contributed by atoms with Gasteiger partial charge in [-0.1, -0.05) is 17.7 Å². The molecule has 1 aromatic heterocycles. The van der Waals surface area contributed by atoms with Crippen LogP contribution in [-0.4, -0.2) is 29.1 Å². The minimum absolute atomic E-state index is 0.129. The highest BCUT2D eigenvalue weighted by Crippen LogP contribution is 2.26. The number of carbonyl (C=O) groups is 2. The van der Waals surface area contributed by atoms with Crippen LogP contribution >= 0.6 is 0 Å². The van der Waals surface area contributed by atoms with Gasteiger partial charge in [-0.05, 0) is 67.6 Å². The summed E-state index contributed by atoms with van der Waals surface area (Å²) >= 11 is 0. The summed E-state index contributed by atoms with van der Waals surface area (Å²) in [7, 11) is 1.51. The molecule has 7 nitrogen and oxygen atoms in total. The molecule has 38 heavy (non-hydrogen) atoms. The first kappa shape index (κ1) is 28.3. The Morgan fingerprint density at radius 1 is 1.13 bits per heavy atom. The van der Waals surface area contributed by atoms with E-state index in [0.717, 1.165) is 29.3 Å². The van der Waals surface area contributed by atoms with E-state index >= 15 is 0 Å². The maximum atomic E-state index is 14.0. The molecule has 3 rings (SSSR count). The molecule has 1 heterocycles. The van der Waals surface area contributed by atoms with Gasteiger partial charge < -0.3 is 19.9 Å². The van der Waals surface area contributed by atoms with Gasteiger partial charge in [-0.25, -0.2) is 13.8 Å². The molecule has 0 bridgehead atoms. The Kier molecular flexibility index (Phi) is 9.54. The van der Waals surface area contributed by atoms with Gasteiger partial charge >= 0.3 is 5.97 Å². The Labute approximate surface area is 220 Å². The van der Waals surface area contributed by atoms with Crippen molar-refractivity contribution in [3.63, 3.8) is 0 Å². The van der Waals surface area contributed by atoms with Crippen molar-refractivity contribution in [2.75, 3.05) is 7.11 Å². The summed E-state index contributed by atoms with van der Waals surface area (Å²) in [4.78, 5) is 29.1. The molecule has 200 valence electrons. The summed E-state index contributed by atoms with van der Waals surface area (Å²) in [5.41, 5.74) is 3.65. The summed E-state index contributed by atoms with van der Waals surface area (Å²) in [5, 5.41) is 12.2. The lowest BCUT2D eigenvalue weighted by Crippen LogP contribution is -2.30. The lowest BCUT2D eigenvalue weighted by molar-refractivity contribution is -0.136. The van der Waals surface area contributed by atoms with Gasteiger partial charge in [-0.15, -0.1) is 6.58 Å². The fourth-order valence-corrected chi connectivity index (χ4v) is 3.94. The van der Waals surface area contributed by atoms with Crippen LogP contribution in [0.4, 0.5) is 8.78 Å². The smallest absolute Gasteiger partial charge is 0.303 e. The Balaban J connectivity index is 1.92. The summed E-state index contributed by atoms with van der Waals surface area (Å²) in [6.45, 7) is 7.52.